The zero-order chi connectivity index (χ0) is 14.4. The molecular formula is C16H18N2O2. The van der Waals surface area contributed by atoms with Crippen molar-refractivity contribution in [1.29, 1.82) is 0 Å². The molecule has 104 valence electrons. The van der Waals surface area contributed by atoms with Gasteiger partial charge in [0.2, 0.25) is 0 Å². The van der Waals surface area contributed by atoms with Crippen LogP contribution in [0.2, 0.25) is 0 Å². The Labute approximate surface area is 118 Å². The minimum atomic E-state index is -0.136. The second-order valence-electron chi connectivity index (χ2n) is 4.62. The highest BCUT2D eigenvalue weighted by Crippen LogP contribution is 2.18. The summed E-state index contributed by atoms with van der Waals surface area (Å²) in [5.74, 6) is 0.725. The van der Waals surface area contributed by atoms with Crippen molar-refractivity contribution in [3.05, 3.63) is 59.4 Å². The molecule has 0 saturated heterocycles. The average Bonchev–Trinajstić information content (AvgIpc) is 2.47. The largest absolute Gasteiger partial charge is 0.491 e. The van der Waals surface area contributed by atoms with Crippen molar-refractivity contribution >= 4 is 5.91 Å². The molecule has 0 saturated carbocycles. The molecule has 4 heteroatoms. The van der Waals surface area contributed by atoms with Crippen molar-refractivity contribution in [2.45, 2.75) is 13.8 Å². The van der Waals surface area contributed by atoms with Crippen molar-refractivity contribution in [2.75, 3.05) is 13.2 Å². The molecule has 0 aliphatic rings. The number of nitrogens with one attached hydrogen (secondary N) is 1. The molecule has 2 rings (SSSR count). The number of pyridine rings is 1. The number of benzene rings is 1. The molecule has 4 nitrogen and oxygen atoms in total. The summed E-state index contributed by atoms with van der Waals surface area (Å²) in [6.45, 7) is 4.93. The van der Waals surface area contributed by atoms with Gasteiger partial charge in [-0.25, -0.2) is 0 Å². The van der Waals surface area contributed by atoms with Crippen molar-refractivity contribution in [2.24, 2.45) is 0 Å². The van der Waals surface area contributed by atoms with Gasteiger partial charge in [-0.3, -0.25) is 9.78 Å². The van der Waals surface area contributed by atoms with Crippen LogP contribution >= 0.6 is 0 Å². The van der Waals surface area contributed by atoms with Gasteiger partial charge < -0.3 is 10.1 Å². The fourth-order valence-corrected chi connectivity index (χ4v) is 1.79. The minimum Gasteiger partial charge on any atom is -0.491 e. The Balaban J connectivity index is 1.79. The molecule has 0 bridgehead atoms. The summed E-state index contributed by atoms with van der Waals surface area (Å²) in [5, 5.41) is 2.80. The average molecular weight is 270 g/mol. The molecule has 0 radical (unpaired) electrons. The molecular weight excluding hydrogens is 252 g/mol. The van der Waals surface area contributed by atoms with Gasteiger partial charge in [0.1, 0.15) is 12.4 Å². The van der Waals surface area contributed by atoms with Gasteiger partial charge in [0.15, 0.2) is 0 Å². The molecule has 0 fully saturated rings. The van der Waals surface area contributed by atoms with Crippen LogP contribution in [-0.2, 0) is 0 Å². The van der Waals surface area contributed by atoms with Crippen LogP contribution < -0.4 is 10.1 Å². The molecule has 1 aromatic heterocycles. The maximum absolute atomic E-state index is 11.8. The number of rotatable bonds is 5. The van der Waals surface area contributed by atoms with Gasteiger partial charge in [0.05, 0.1) is 12.1 Å². The van der Waals surface area contributed by atoms with Gasteiger partial charge in [0, 0.05) is 12.4 Å². The Bertz CT molecular complexity index is 582. The first-order valence-electron chi connectivity index (χ1n) is 6.55. The van der Waals surface area contributed by atoms with E-state index in [9.17, 15) is 4.79 Å². The summed E-state index contributed by atoms with van der Waals surface area (Å²) < 4.78 is 5.67. The SMILES string of the molecule is Cc1ccc(C)c(OCCNC(=O)c2cccnc2)c1. The molecule has 1 aromatic carbocycles. The Hall–Kier alpha value is -2.36. The summed E-state index contributed by atoms with van der Waals surface area (Å²) >= 11 is 0. The van der Waals surface area contributed by atoms with E-state index in [0.717, 1.165) is 16.9 Å². The molecule has 20 heavy (non-hydrogen) atoms. The van der Waals surface area contributed by atoms with Gasteiger partial charge in [-0.2, -0.15) is 0 Å². The molecule has 1 amide bonds. The monoisotopic (exact) mass is 270 g/mol. The number of ether oxygens (including phenoxy) is 1. The van der Waals surface area contributed by atoms with Crippen LogP contribution in [0.15, 0.2) is 42.7 Å². The molecule has 0 atom stereocenters. The van der Waals surface area contributed by atoms with Gasteiger partial charge >= 0.3 is 0 Å². The van der Waals surface area contributed by atoms with Crippen molar-refractivity contribution in [3.63, 3.8) is 0 Å². The zero-order valence-electron chi connectivity index (χ0n) is 11.7. The normalized spacial score (nSPS) is 10.1. The summed E-state index contributed by atoms with van der Waals surface area (Å²) in [5.41, 5.74) is 2.80. The number of carbonyl (C=O) groups excluding carboxylic acids is 1. The van der Waals surface area contributed by atoms with E-state index < -0.39 is 0 Å². The van der Waals surface area contributed by atoms with Crippen molar-refractivity contribution < 1.29 is 9.53 Å². The predicted molar refractivity (Wildman–Crippen MR) is 78.0 cm³/mol. The third-order valence-electron chi connectivity index (χ3n) is 2.91. The third kappa shape index (κ3) is 3.82. The molecule has 1 heterocycles. The summed E-state index contributed by atoms with van der Waals surface area (Å²) in [4.78, 5) is 15.7. The first kappa shape index (κ1) is 14.1. The topological polar surface area (TPSA) is 51.2 Å². The lowest BCUT2D eigenvalue weighted by Crippen LogP contribution is -2.28. The molecule has 0 aliphatic carbocycles. The predicted octanol–water partition coefficient (Wildman–Crippen LogP) is 2.51. The fraction of sp³-hybridized carbons (Fsp3) is 0.250. The molecule has 0 aliphatic heterocycles. The maximum atomic E-state index is 11.8. The lowest BCUT2D eigenvalue weighted by Gasteiger charge is -2.10. The maximum Gasteiger partial charge on any atom is 0.252 e. The summed E-state index contributed by atoms with van der Waals surface area (Å²) in [7, 11) is 0. The van der Waals surface area contributed by atoms with E-state index in [1.165, 1.54) is 0 Å². The number of hydrogen-bond donors (Lipinski definition) is 1. The second kappa shape index (κ2) is 6.70. The van der Waals surface area contributed by atoms with Crippen LogP contribution in [0.5, 0.6) is 5.75 Å². The van der Waals surface area contributed by atoms with E-state index in [-0.39, 0.29) is 5.91 Å². The smallest absolute Gasteiger partial charge is 0.252 e. The van der Waals surface area contributed by atoms with Crippen LogP contribution in [0.25, 0.3) is 0 Å². The number of amides is 1. The van der Waals surface area contributed by atoms with Crippen LogP contribution in [-0.4, -0.2) is 24.0 Å². The van der Waals surface area contributed by atoms with Crippen LogP contribution in [0.1, 0.15) is 21.5 Å². The third-order valence-corrected chi connectivity index (χ3v) is 2.91. The van der Waals surface area contributed by atoms with E-state index in [0.29, 0.717) is 18.7 Å². The number of aryl methyl sites for hydroxylation is 2. The first-order valence-corrected chi connectivity index (χ1v) is 6.55. The number of hydrogen-bond acceptors (Lipinski definition) is 3. The van der Waals surface area contributed by atoms with Gasteiger partial charge in [-0.1, -0.05) is 12.1 Å². The molecule has 2 aromatic rings. The first-order chi connectivity index (χ1) is 9.66. The quantitative estimate of drug-likeness (QED) is 0.849. The van der Waals surface area contributed by atoms with Gasteiger partial charge in [-0.15, -0.1) is 0 Å². The Morgan fingerprint density at radius 3 is 2.90 bits per heavy atom. The Morgan fingerprint density at radius 2 is 2.15 bits per heavy atom. The van der Waals surface area contributed by atoms with E-state index in [4.69, 9.17) is 4.74 Å². The number of aromatic nitrogens is 1. The molecule has 1 N–H and O–H groups in total. The fourth-order valence-electron chi connectivity index (χ4n) is 1.79. The zero-order valence-corrected chi connectivity index (χ0v) is 11.7. The van der Waals surface area contributed by atoms with Crippen molar-refractivity contribution in [1.82, 2.24) is 10.3 Å². The summed E-state index contributed by atoms with van der Waals surface area (Å²) in [6.07, 6.45) is 3.18. The lowest BCUT2D eigenvalue weighted by molar-refractivity contribution is 0.0946. The second-order valence-corrected chi connectivity index (χ2v) is 4.62. The highest BCUT2D eigenvalue weighted by Gasteiger charge is 2.04. The van der Waals surface area contributed by atoms with E-state index in [2.05, 4.69) is 10.3 Å². The molecule has 0 spiro atoms. The Kier molecular flexibility index (Phi) is 4.71. The molecule has 0 unspecified atom stereocenters. The lowest BCUT2D eigenvalue weighted by atomic mass is 10.1. The van der Waals surface area contributed by atoms with Crippen LogP contribution in [0.4, 0.5) is 0 Å². The highest BCUT2D eigenvalue weighted by molar-refractivity contribution is 5.93. The number of nitrogens with zero attached hydrogens (tertiary/aromatic N) is 1. The highest BCUT2D eigenvalue weighted by atomic mass is 16.5. The van der Waals surface area contributed by atoms with E-state index in [1.807, 2.05) is 32.0 Å². The number of carbonyl (C=O) groups is 1. The van der Waals surface area contributed by atoms with Crippen molar-refractivity contribution in [3.8, 4) is 5.75 Å². The van der Waals surface area contributed by atoms with Crippen LogP contribution in [0, 0.1) is 13.8 Å². The summed E-state index contributed by atoms with van der Waals surface area (Å²) in [6, 6.07) is 9.54. The van der Waals surface area contributed by atoms with E-state index >= 15 is 0 Å². The van der Waals surface area contributed by atoms with Gasteiger partial charge in [0.25, 0.3) is 5.91 Å². The standard InChI is InChI=1S/C16H18N2O2/c1-12-5-6-13(2)15(10-12)20-9-8-18-16(19)14-4-3-7-17-11-14/h3-7,10-11H,8-9H2,1-2H3,(H,18,19). The van der Waals surface area contributed by atoms with E-state index in [1.54, 1.807) is 24.5 Å². The van der Waals surface area contributed by atoms with Gasteiger partial charge in [-0.05, 0) is 43.2 Å². The Morgan fingerprint density at radius 1 is 1.30 bits per heavy atom. The minimum absolute atomic E-state index is 0.136. The van der Waals surface area contributed by atoms with Crippen LogP contribution in [0.3, 0.4) is 0 Å².